The molecule has 1 aliphatic heterocycles. The molecular weight excluding hydrogens is 434 g/mol. The lowest BCUT2D eigenvalue weighted by molar-refractivity contribution is 0.394. The maximum atomic E-state index is 12.0. The van der Waals surface area contributed by atoms with Crippen LogP contribution < -0.4 is 0 Å². The van der Waals surface area contributed by atoms with Crippen LogP contribution in [0, 0.1) is 6.92 Å². The molecule has 0 spiro atoms. The van der Waals surface area contributed by atoms with Crippen molar-refractivity contribution in [1.82, 2.24) is 24.9 Å². The molecule has 33 heavy (non-hydrogen) atoms. The Hall–Kier alpha value is -3.36. The van der Waals surface area contributed by atoms with Crippen molar-refractivity contribution >= 4 is 10.0 Å². The van der Waals surface area contributed by atoms with Crippen LogP contribution >= 0.6 is 0 Å². The first-order valence-electron chi connectivity index (χ1n) is 10.9. The second-order valence-corrected chi connectivity index (χ2v) is 10.5. The first-order chi connectivity index (χ1) is 15.9. The highest BCUT2D eigenvalue weighted by Crippen LogP contribution is 2.30. The van der Waals surface area contributed by atoms with E-state index in [1.807, 2.05) is 24.3 Å². The summed E-state index contributed by atoms with van der Waals surface area (Å²) in [6.45, 7) is 3.11. The van der Waals surface area contributed by atoms with Gasteiger partial charge in [-0.1, -0.05) is 60.7 Å². The van der Waals surface area contributed by atoms with Gasteiger partial charge in [0.2, 0.25) is 15.8 Å². The zero-order chi connectivity index (χ0) is 23.0. The lowest BCUT2D eigenvalue weighted by atomic mass is 9.90. The smallest absolute Gasteiger partial charge is 0.211 e. The zero-order valence-corrected chi connectivity index (χ0v) is 19.4. The normalized spacial score (nSPS) is 14.2. The third kappa shape index (κ3) is 4.44. The number of hydrogen-bond donors (Lipinski definition) is 1. The van der Waals surface area contributed by atoms with Gasteiger partial charge in [-0.3, -0.25) is 0 Å². The summed E-state index contributed by atoms with van der Waals surface area (Å²) in [7, 11) is -3.18. The third-order valence-electron chi connectivity index (χ3n) is 6.29. The van der Waals surface area contributed by atoms with E-state index in [2.05, 4.69) is 63.9 Å². The predicted octanol–water partition coefficient (Wildman–Crippen LogP) is 3.75. The molecule has 3 aromatic carbocycles. The van der Waals surface area contributed by atoms with E-state index < -0.39 is 10.0 Å². The summed E-state index contributed by atoms with van der Waals surface area (Å²) in [4.78, 5) is 0. The molecule has 0 aliphatic carbocycles. The number of aromatic nitrogens is 4. The molecular formula is C25H25N5O2S. The van der Waals surface area contributed by atoms with Crippen LogP contribution in [0.4, 0.5) is 0 Å². The maximum absolute atomic E-state index is 12.0. The number of rotatable bonds is 5. The molecule has 8 heteroatoms. The van der Waals surface area contributed by atoms with Gasteiger partial charge in [-0.15, -0.1) is 10.2 Å². The molecule has 0 fully saturated rings. The van der Waals surface area contributed by atoms with Crippen molar-refractivity contribution in [2.45, 2.75) is 26.3 Å². The summed E-state index contributed by atoms with van der Waals surface area (Å²) in [5, 5.41) is 14.2. The molecule has 0 saturated heterocycles. The standard InChI is InChI=1S/C25H25N5O2S/c1-17-6-7-18(15-24(17)19-8-10-20(11-9-19)25-26-28-29-27-25)14-21-4-3-5-22-16-30(33(2,31)32)13-12-23(21)22/h3-11,15H,12-14,16H2,1-2H3,(H,26,27,28,29). The van der Waals surface area contributed by atoms with E-state index in [0.29, 0.717) is 18.9 Å². The van der Waals surface area contributed by atoms with Crippen LogP contribution in [0.1, 0.15) is 27.8 Å². The molecule has 0 atom stereocenters. The molecule has 2 heterocycles. The molecule has 1 aromatic heterocycles. The van der Waals surface area contributed by atoms with E-state index in [4.69, 9.17) is 0 Å². The second-order valence-electron chi connectivity index (χ2n) is 8.54. The van der Waals surface area contributed by atoms with E-state index in [0.717, 1.165) is 29.5 Å². The zero-order valence-electron chi connectivity index (χ0n) is 18.6. The third-order valence-corrected chi connectivity index (χ3v) is 7.54. The number of aryl methyl sites for hydroxylation is 1. The molecule has 5 rings (SSSR count). The highest BCUT2D eigenvalue weighted by Gasteiger charge is 2.24. The van der Waals surface area contributed by atoms with Crippen molar-refractivity contribution in [2.24, 2.45) is 0 Å². The van der Waals surface area contributed by atoms with Gasteiger partial charge in [0, 0.05) is 18.7 Å². The van der Waals surface area contributed by atoms with Crippen molar-refractivity contribution in [3.05, 3.63) is 88.5 Å². The van der Waals surface area contributed by atoms with Gasteiger partial charge in [0.25, 0.3) is 0 Å². The van der Waals surface area contributed by atoms with Crippen LogP contribution in [0.5, 0.6) is 0 Å². The van der Waals surface area contributed by atoms with Crippen molar-refractivity contribution in [3.63, 3.8) is 0 Å². The van der Waals surface area contributed by atoms with E-state index in [9.17, 15) is 8.42 Å². The lowest BCUT2D eigenvalue weighted by Crippen LogP contribution is -2.35. The Kier molecular flexibility index (Phi) is 5.55. The second kappa shape index (κ2) is 8.53. The topological polar surface area (TPSA) is 91.8 Å². The Labute approximate surface area is 193 Å². The van der Waals surface area contributed by atoms with Crippen molar-refractivity contribution in [2.75, 3.05) is 12.8 Å². The van der Waals surface area contributed by atoms with Gasteiger partial charge in [0.05, 0.1) is 6.26 Å². The van der Waals surface area contributed by atoms with Gasteiger partial charge in [0.15, 0.2) is 0 Å². The molecule has 0 bridgehead atoms. The fraction of sp³-hybridized carbons (Fsp3) is 0.240. The number of sulfonamides is 1. The van der Waals surface area contributed by atoms with Crippen LogP contribution in [-0.2, 0) is 29.4 Å². The van der Waals surface area contributed by atoms with Gasteiger partial charge in [-0.2, -0.15) is 9.52 Å². The highest BCUT2D eigenvalue weighted by atomic mass is 32.2. The largest absolute Gasteiger partial charge is 0.212 e. The molecule has 168 valence electrons. The summed E-state index contributed by atoms with van der Waals surface area (Å²) in [5.41, 5.74) is 9.35. The molecule has 0 radical (unpaired) electrons. The number of nitrogens with zero attached hydrogens (tertiary/aromatic N) is 4. The highest BCUT2D eigenvalue weighted by molar-refractivity contribution is 7.88. The Bertz CT molecular complexity index is 1400. The minimum Gasteiger partial charge on any atom is -0.212 e. The minimum absolute atomic E-state index is 0.452. The fourth-order valence-electron chi connectivity index (χ4n) is 4.50. The van der Waals surface area contributed by atoms with E-state index in [1.54, 1.807) is 4.31 Å². The Balaban J connectivity index is 1.42. The number of benzene rings is 3. The fourth-order valence-corrected chi connectivity index (χ4v) is 5.30. The summed E-state index contributed by atoms with van der Waals surface area (Å²) in [6, 6.07) is 21.0. The quantitative estimate of drug-likeness (QED) is 0.491. The van der Waals surface area contributed by atoms with Crippen molar-refractivity contribution in [1.29, 1.82) is 0 Å². The molecule has 1 N–H and O–H groups in total. The molecule has 0 unspecified atom stereocenters. The number of hydrogen-bond acceptors (Lipinski definition) is 5. The number of tetrazole rings is 1. The van der Waals surface area contributed by atoms with Gasteiger partial charge >= 0.3 is 0 Å². The lowest BCUT2D eigenvalue weighted by Gasteiger charge is -2.28. The molecule has 1 aliphatic rings. The van der Waals surface area contributed by atoms with E-state index in [-0.39, 0.29) is 0 Å². The first kappa shape index (κ1) is 21.5. The van der Waals surface area contributed by atoms with Crippen LogP contribution in [0.2, 0.25) is 0 Å². The maximum Gasteiger partial charge on any atom is 0.211 e. The number of H-pyrrole nitrogens is 1. The Morgan fingerprint density at radius 1 is 1.03 bits per heavy atom. The van der Waals surface area contributed by atoms with Gasteiger partial charge < -0.3 is 0 Å². The summed E-state index contributed by atoms with van der Waals surface area (Å²) >= 11 is 0. The Morgan fingerprint density at radius 2 is 1.82 bits per heavy atom. The molecule has 0 saturated carbocycles. The number of aromatic amines is 1. The van der Waals surface area contributed by atoms with Gasteiger partial charge in [-0.05, 0) is 63.9 Å². The summed E-state index contributed by atoms with van der Waals surface area (Å²) < 4.78 is 25.5. The number of fused-ring (bicyclic) bond motifs is 1. The summed E-state index contributed by atoms with van der Waals surface area (Å²) in [5.74, 6) is 0.579. The van der Waals surface area contributed by atoms with E-state index >= 15 is 0 Å². The molecule has 0 amide bonds. The molecule has 4 aromatic rings. The van der Waals surface area contributed by atoms with Gasteiger partial charge in [0.1, 0.15) is 0 Å². The van der Waals surface area contributed by atoms with Crippen molar-refractivity contribution < 1.29 is 8.42 Å². The number of nitrogens with one attached hydrogen (secondary N) is 1. The first-order valence-corrected chi connectivity index (χ1v) is 12.7. The predicted molar refractivity (Wildman–Crippen MR) is 128 cm³/mol. The van der Waals surface area contributed by atoms with Gasteiger partial charge in [-0.25, -0.2) is 8.42 Å². The van der Waals surface area contributed by atoms with E-state index in [1.165, 1.54) is 34.1 Å². The van der Waals surface area contributed by atoms with Crippen LogP contribution in [0.15, 0.2) is 60.7 Å². The molecule has 7 nitrogen and oxygen atoms in total. The Morgan fingerprint density at radius 3 is 2.55 bits per heavy atom. The SMILES string of the molecule is Cc1ccc(Cc2cccc3c2CCN(S(C)(=O)=O)C3)cc1-c1ccc(-c2nn[nH]n2)cc1. The average Bonchev–Trinajstić information content (AvgIpc) is 3.35. The van der Waals surface area contributed by atoms with Crippen LogP contribution in [0.25, 0.3) is 22.5 Å². The average molecular weight is 460 g/mol. The monoisotopic (exact) mass is 459 g/mol. The van der Waals surface area contributed by atoms with Crippen LogP contribution in [-0.4, -0.2) is 46.1 Å². The van der Waals surface area contributed by atoms with Crippen LogP contribution in [0.3, 0.4) is 0 Å². The minimum atomic E-state index is -3.18. The van der Waals surface area contributed by atoms with Crippen molar-refractivity contribution in [3.8, 4) is 22.5 Å². The summed E-state index contributed by atoms with van der Waals surface area (Å²) in [6.07, 6.45) is 2.84.